The van der Waals surface area contributed by atoms with Crippen LogP contribution in [0, 0.1) is 0 Å². The summed E-state index contributed by atoms with van der Waals surface area (Å²) in [6.07, 6.45) is 3.01. The zero-order chi connectivity index (χ0) is 15.1. The highest BCUT2D eigenvalue weighted by Crippen LogP contribution is 2.28. The summed E-state index contributed by atoms with van der Waals surface area (Å²) in [5, 5.41) is 4.54. The number of hydrogen-bond donors (Lipinski definition) is 1. The normalized spacial score (nSPS) is 10.6. The van der Waals surface area contributed by atoms with Crippen molar-refractivity contribution in [2.24, 2.45) is 0 Å². The fraction of sp³-hybridized carbons (Fsp3) is 0.438. The van der Waals surface area contributed by atoms with E-state index in [0.717, 1.165) is 36.0 Å². The van der Waals surface area contributed by atoms with Crippen LogP contribution in [0.3, 0.4) is 0 Å². The fourth-order valence-electron chi connectivity index (χ4n) is 2.01. The molecule has 1 aromatic heterocycles. The average molecular weight is 306 g/mol. The summed E-state index contributed by atoms with van der Waals surface area (Å²) in [5.41, 5.74) is 1.17. The number of nitrogens with zero attached hydrogens (tertiary/aromatic N) is 1. The van der Waals surface area contributed by atoms with E-state index >= 15 is 0 Å². The lowest BCUT2D eigenvalue weighted by Gasteiger charge is -2.11. The van der Waals surface area contributed by atoms with Crippen LogP contribution in [-0.4, -0.2) is 18.7 Å². The first-order chi connectivity index (χ1) is 10.3. The molecule has 0 aliphatic rings. The third-order valence-corrected chi connectivity index (χ3v) is 4.22. The number of hydrogen-bond acceptors (Lipinski definition) is 5. The molecule has 0 unspecified atom stereocenters. The Hall–Kier alpha value is -1.59. The number of nitrogens with one attached hydrogen (secondary N) is 1. The Morgan fingerprint density at radius 1 is 1.19 bits per heavy atom. The molecule has 0 aliphatic carbocycles. The predicted octanol–water partition coefficient (Wildman–Crippen LogP) is 3.40. The van der Waals surface area contributed by atoms with Gasteiger partial charge in [0.2, 0.25) is 0 Å². The molecular formula is C16H22N2O2S. The Kier molecular flexibility index (Phi) is 6.02. The number of aromatic nitrogens is 1. The van der Waals surface area contributed by atoms with Gasteiger partial charge in [-0.05, 0) is 31.0 Å². The quantitative estimate of drug-likeness (QED) is 0.812. The summed E-state index contributed by atoms with van der Waals surface area (Å²) in [6.45, 7) is 6.33. The molecule has 1 aromatic carbocycles. The molecule has 5 heteroatoms. The van der Waals surface area contributed by atoms with Gasteiger partial charge in [-0.1, -0.05) is 13.0 Å². The van der Waals surface area contributed by atoms with E-state index in [-0.39, 0.29) is 0 Å². The summed E-state index contributed by atoms with van der Waals surface area (Å²) in [5.74, 6) is 1.56. The van der Waals surface area contributed by atoms with Crippen molar-refractivity contribution in [3.05, 3.63) is 39.8 Å². The number of benzene rings is 1. The van der Waals surface area contributed by atoms with Gasteiger partial charge in [-0.2, -0.15) is 0 Å². The van der Waals surface area contributed by atoms with Gasteiger partial charge in [0, 0.05) is 24.2 Å². The number of aryl methyl sites for hydroxylation is 1. The summed E-state index contributed by atoms with van der Waals surface area (Å²) >= 11 is 1.77. The standard InChI is InChI=1S/C16H22N2O2S/c1-4-13-10-18-16(21-13)11-17-9-12-6-7-14(19-3)15(8-12)20-5-2/h6-8,10,17H,4-5,9,11H2,1-3H3. The van der Waals surface area contributed by atoms with Gasteiger partial charge in [-0.25, -0.2) is 4.98 Å². The van der Waals surface area contributed by atoms with Crippen LogP contribution in [0.1, 0.15) is 29.3 Å². The first kappa shape index (κ1) is 15.8. The third kappa shape index (κ3) is 4.44. The molecule has 0 saturated heterocycles. The SMILES string of the molecule is CCOc1cc(CNCc2ncc(CC)s2)ccc1OC. The first-order valence-corrected chi connectivity index (χ1v) is 8.02. The predicted molar refractivity (Wildman–Crippen MR) is 86.2 cm³/mol. The lowest BCUT2D eigenvalue weighted by Crippen LogP contribution is -2.12. The lowest BCUT2D eigenvalue weighted by molar-refractivity contribution is 0.310. The van der Waals surface area contributed by atoms with Crippen LogP contribution in [-0.2, 0) is 19.5 Å². The number of methoxy groups -OCH3 is 1. The number of thiazole rings is 1. The Morgan fingerprint density at radius 2 is 2.05 bits per heavy atom. The molecule has 0 fully saturated rings. The molecule has 1 heterocycles. The van der Waals surface area contributed by atoms with E-state index in [1.807, 2.05) is 31.3 Å². The van der Waals surface area contributed by atoms with Gasteiger partial charge in [0.25, 0.3) is 0 Å². The highest BCUT2D eigenvalue weighted by Gasteiger charge is 2.06. The van der Waals surface area contributed by atoms with Gasteiger partial charge in [0.1, 0.15) is 5.01 Å². The largest absolute Gasteiger partial charge is 0.493 e. The van der Waals surface area contributed by atoms with Crippen molar-refractivity contribution >= 4 is 11.3 Å². The number of rotatable bonds is 8. The fourth-order valence-corrected chi connectivity index (χ4v) is 2.84. The average Bonchev–Trinajstić information content (AvgIpc) is 2.96. The molecule has 114 valence electrons. The maximum Gasteiger partial charge on any atom is 0.161 e. The molecule has 0 aliphatic heterocycles. The molecule has 2 rings (SSSR count). The first-order valence-electron chi connectivity index (χ1n) is 7.20. The molecule has 0 atom stereocenters. The van der Waals surface area contributed by atoms with E-state index in [1.165, 1.54) is 10.4 Å². The van der Waals surface area contributed by atoms with E-state index in [0.29, 0.717) is 6.61 Å². The van der Waals surface area contributed by atoms with Crippen molar-refractivity contribution in [2.45, 2.75) is 33.4 Å². The van der Waals surface area contributed by atoms with Crippen molar-refractivity contribution in [3.8, 4) is 11.5 Å². The molecule has 0 saturated carbocycles. The van der Waals surface area contributed by atoms with Crippen LogP contribution < -0.4 is 14.8 Å². The topological polar surface area (TPSA) is 43.4 Å². The minimum Gasteiger partial charge on any atom is -0.493 e. The number of ether oxygens (including phenoxy) is 2. The highest BCUT2D eigenvalue weighted by atomic mass is 32.1. The Morgan fingerprint density at radius 3 is 2.71 bits per heavy atom. The molecule has 21 heavy (non-hydrogen) atoms. The van der Waals surface area contributed by atoms with Crippen molar-refractivity contribution in [1.82, 2.24) is 10.3 Å². The second-order valence-electron chi connectivity index (χ2n) is 4.60. The third-order valence-electron chi connectivity index (χ3n) is 3.08. The Bertz CT molecular complexity index is 569. The van der Waals surface area contributed by atoms with Crippen LogP contribution in [0.5, 0.6) is 11.5 Å². The maximum atomic E-state index is 5.59. The van der Waals surface area contributed by atoms with E-state index in [1.54, 1.807) is 18.4 Å². The molecule has 0 amide bonds. The molecule has 4 nitrogen and oxygen atoms in total. The van der Waals surface area contributed by atoms with Gasteiger partial charge in [-0.3, -0.25) is 0 Å². The van der Waals surface area contributed by atoms with Crippen LogP contribution in [0.25, 0.3) is 0 Å². The van der Waals surface area contributed by atoms with Crippen LogP contribution in [0.2, 0.25) is 0 Å². The highest BCUT2D eigenvalue weighted by molar-refractivity contribution is 7.11. The van der Waals surface area contributed by atoms with Gasteiger partial charge in [0.15, 0.2) is 11.5 Å². The van der Waals surface area contributed by atoms with Gasteiger partial charge < -0.3 is 14.8 Å². The molecule has 0 bridgehead atoms. The Balaban J connectivity index is 1.91. The van der Waals surface area contributed by atoms with E-state index < -0.39 is 0 Å². The van der Waals surface area contributed by atoms with Gasteiger partial charge in [0.05, 0.1) is 13.7 Å². The van der Waals surface area contributed by atoms with E-state index in [9.17, 15) is 0 Å². The summed E-state index contributed by atoms with van der Waals surface area (Å²) in [7, 11) is 1.66. The molecule has 0 radical (unpaired) electrons. The van der Waals surface area contributed by atoms with Crippen molar-refractivity contribution in [3.63, 3.8) is 0 Å². The minimum absolute atomic E-state index is 0.631. The van der Waals surface area contributed by atoms with Crippen LogP contribution >= 0.6 is 11.3 Å². The summed E-state index contributed by atoms with van der Waals surface area (Å²) < 4.78 is 10.9. The summed E-state index contributed by atoms with van der Waals surface area (Å²) in [4.78, 5) is 5.73. The van der Waals surface area contributed by atoms with Crippen molar-refractivity contribution in [2.75, 3.05) is 13.7 Å². The minimum atomic E-state index is 0.631. The monoisotopic (exact) mass is 306 g/mol. The van der Waals surface area contributed by atoms with Crippen LogP contribution in [0.15, 0.2) is 24.4 Å². The maximum absolute atomic E-state index is 5.59. The zero-order valence-electron chi connectivity index (χ0n) is 12.8. The zero-order valence-corrected chi connectivity index (χ0v) is 13.6. The molecule has 2 aromatic rings. The van der Waals surface area contributed by atoms with E-state index in [4.69, 9.17) is 9.47 Å². The lowest BCUT2D eigenvalue weighted by atomic mass is 10.2. The van der Waals surface area contributed by atoms with Crippen molar-refractivity contribution < 1.29 is 9.47 Å². The second kappa shape index (κ2) is 8.00. The van der Waals surface area contributed by atoms with Crippen molar-refractivity contribution in [1.29, 1.82) is 0 Å². The molecule has 0 spiro atoms. The summed E-state index contributed by atoms with van der Waals surface area (Å²) in [6, 6.07) is 6.02. The van der Waals surface area contributed by atoms with Gasteiger partial charge >= 0.3 is 0 Å². The van der Waals surface area contributed by atoms with E-state index in [2.05, 4.69) is 17.2 Å². The molecule has 1 N–H and O–H groups in total. The molecular weight excluding hydrogens is 284 g/mol. The van der Waals surface area contributed by atoms with Gasteiger partial charge in [-0.15, -0.1) is 11.3 Å². The van der Waals surface area contributed by atoms with Crippen LogP contribution in [0.4, 0.5) is 0 Å². The smallest absolute Gasteiger partial charge is 0.161 e. The Labute approximate surface area is 130 Å². The second-order valence-corrected chi connectivity index (χ2v) is 5.80.